The summed E-state index contributed by atoms with van der Waals surface area (Å²) in [6.45, 7) is 2.45. The van der Waals surface area contributed by atoms with Gasteiger partial charge in [0.15, 0.2) is 5.78 Å². The Morgan fingerprint density at radius 3 is 2.88 bits per heavy atom. The van der Waals surface area contributed by atoms with Crippen molar-refractivity contribution in [1.29, 1.82) is 0 Å². The van der Waals surface area contributed by atoms with Crippen LogP contribution < -0.4 is 10.2 Å². The number of benzene rings is 1. The highest BCUT2D eigenvalue weighted by Gasteiger charge is 2.23. The minimum atomic E-state index is -0.465. The fourth-order valence-corrected chi connectivity index (χ4v) is 1.95. The lowest BCUT2D eigenvalue weighted by atomic mass is 10.1. The van der Waals surface area contributed by atoms with Gasteiger partial charge in [0.05, 0.1) is 12.2 Å². The van der Waals surface area contributed by atoms with Crippen LogP contribution in [0, 0.1) is 5.82 Å². The molecular formula is C12H13FN2O2. The fourth-order valence-electron chi connectivity index (χ4n) is 1.95. The maximum Gasteiger partial charge on any atom is 0.239 e. The van der Waals surface area contributed by atoms with Gasteiger partial charge in [-0.15, -0.1) is 0 Å². The number of halogens is 1. The number of ketones is 1. The third-order valence-corrected chi connectivity index (χ3v) is 2.72. The number of hydrogen-bond donors (Lipinski definition) is 1. The van der Waals surface area contributed by atoms with Crippen molar-refractivity contribution in [2.75, 3.05) is 24.5 Å². The lowest BCUT2D eigenvalue weighted by Gasteiger charge is -2.30. The summed E-state index contributed by atoms with van der Waals surface area (Å²) >= 11 is 0. The number of rotatable bonds is 2. The van der Waals surface area contributed by atoms with Crippen LogP contribution in [0.3, 0.4) is 0 Å². The standard InChI is InChI=1S/C12H13FN2O2/c1-8(16)9-3-2-4-10(13)12(9)15-6-5-14-11(17)7-15/h2-4H,5-7H2,1H3,(H,14,17). The van der Waals surface area contributed by atoms with E-state index < -0.39 is 5.82 Å². The number of nitrogens with one attached hydrogen (secondary N) is 1. The molecule has 0 unspecified atom stereocenters. The van der Waals surface area contributed by atoms with Crippen LogP contribution in [0.1, 0.15) is 17.3 Å². The average Bonchev–Trinajstić information content (AvgIpc) is 2.28. The second kappa shape index (κ2) is 4.53. The molecule has 0 radical (unpaired) electrons. The molecule has 1 saturated heterocycles. The Morgan fingerprint density at radius 1 is 1.47 bits per heavy atom. The quantitative estimate of drug-likeness (QED) is 0.778. The van der Waals surface area contributed by atoms with Crippen LogP contribution in [0.15, 0.2) is 18.2 Å². The molecule has 0 spiro atoms. The summed E-state index contributed by atoms with van der Waals surface area (Å²) in [5.74, 6) is -0.827. The molecule has 17 heavy (non-hydrogen) atoms. The number of nitrogens with zero attached hydrogens (tertiary/aromatic N) is 1. The number of hydrogen-bond acceptors (Lipinski definition) is 3. The molecule has 1 amide bonds. The molecule has 1 aliphatic heterocycles. The lowest BCUT2D eigenvalue weighted by molar-refractivity contribution is -0.120. The van der Waals surface area contributed by atoms with Gasteiger partial charge >= 0.3 is 0 Å². The summed E-state index contributed by atoms with van der Waals surface area (Å²) in [5, 5.41) is 2.66. The van der Waals surface area contributed by atoms with Crippen molar-refractivity contribution in [1.82, 2.24) is 5.32 Å². The first-order valence-corrected chi connectivity index (χ1v) is 5.40. The Balaban J connectivity index is 2.42. The van der Waals surface area contributed by atoms with E-state index in [1.165, 1.54) is 19.1 Å². The molecule has 1 fully saturated rings. The largest absolute Gasteiger partial charge is 0.358 e. The summed E-state index contributed by atoms with van der Waals surface area (Å²) in [7, 11) is 0. The summed E-state index contributed by atoms with van der Waals surface area (Å²) in [4.78, 5) is 24.3. The van der Waals surface area contributed by atoms with Gasteiger partial charge in [0.1, 0.15) is 5.82 Å². The smallest absolute Gasteiger partial charge is 0.239 e. The zero-order valence-corrected chi connectivity index (χ0v) is 9.50. The van der Waals surface area contributed by atoms with Crippen molar-refractivity contribution >= 4 is 17.4 Å². The highest BCUT2D eigenvalue weighted by molar-refractivity contribution is 6.00. The van der Waals surface area contributed by atoms with Crippen molar-refractivity contribution in [2.24, 2.45) is 0 Å². The molecule has 0 aliphatic carbocycles. The van der Waals surface area contributed by atoms with Gasteiger partial charge in [-0.05, 0) is 19.1 Å². The monoisotopic (exact) mass is 236 g/mol. The summed E-state index contributed by atoms with van der Waals surface area (Å²) in [5.41, 5.74) is 0.551. The highest BCUT2D eigenvalue weighted by Crippen LogP contribution is 2.25. The number of amides is 1. The number of carbonyl (C=O) groups is 2. The van der Waals surface area contributed by atoms with E-state index >= 15 is 0 Å². The first-order valence-electron chi connectivity index (χ1n) is 5.40. The Hall–Kier alpha value is -1.91. The predicted molar refractivity (Wildman–Crippen MR) is 61.6 cm³/mol. The summed E-state index contributed by atoms with van der Waals surface area (Å²) in [6.07, 6.45) is 0. The molecule has 1 aromatic carbocycles. The predicted octanol–water partition coefficient (Wildman–Crippen LogP) is 0.964. The number of para-hydroxylation sites is 1. The van der Waals surface area contributed by atoms with E-state index in [0.29, 0.717) is 18.7 Å². The molecule has 90 valence electrons. The molecule has 0 atom stereocenters. The van der Waals surface area contributed by atoms with Gasteiger partial charge in [-0.25, -0.2) is 4.39 Å². The van der Waals surface area contributed by atoms with Gasteiger partial charge in [0, 0.05) is 18.7 Å². The molecule has 0 bridgehead atoms. The first kappa shape index (κ1) is 11.6. The molecule has 2 rings (SSSR count). The van der Waals surface area contributed by atoms with Gasteiger partial charge in [0.2, 0.25) is 5.91 Å². The number of carbonyl (C=O) groups excluding carboxylic acids is 2. The number of Topliss-reactive ketones (excluding diaryl/α,β-unsaturated/α-hetero) is 1. The minimum absolute atomic E-state index is 0.0845. The van der Waals surface area contributed by atoms with Gasteiger partial charge in [0.25, 0.3) is 0 Å². The zero-order chi connectivity index (χ0) is 12.4. The highest BCUT2D eigenvalue weighted by atomic mass is 19.1. The van der Waals surface area contributed by atoms with Crippen LogP contribution >= 0.6 is 0 Å². The summed E-state index contributed by atoms with van der Waals surface area (Å²) in [6, 6.07) is 4.38. The molecule has 0 saturated carbocycles. The molecule has 1 aliphatic rings. The summed E-state index contributed by atoms with van der Waals surface area (Å²) < 4.78 is 13.8. The average molecular weight is 236 g/mol. The first-order chi connectivity index (χ1) is 8.09. The molecule has 1 N–H and O–H groups in total. The maximum absolute atomic E-state index is 13.8. The molecule has 5 heteroatoms. The van der Waals surface area contributed by atoms with Crippen molar-refractivity contribution in [3.63, 3.8) is 0 Å². The van der Waals surface area contributed by atoms with E-state index in [0.717, 1.165) is 0 Å². The third kappa shape index (κ3) is 2.27. The Morgan fingerprint density at radius 2 is 2.24 bits per heavy atom. The Bertz CT molecular complexity index is 474. The van der Waals surface area contributed by atoms with Crippen molar-refractivity contribution < 1.29 is 14.0 Å². The van der Waals surface area contributed by atoms with Crippen molar-refractivity contribution in [2.45, 2.75) is 6.92 Å². The van der Waals surface area contributed by atoms with Crippen LogP contribution in [0.5, 0.6) is 0 Å². The molecule has 1 heterocycles. The lowest BCUT2D eigenvalue weighted by Crippen LogP contribution is -2.48. The number of anilines is 1. The molecule has 0 aromatic heterocycles. The normalized spacial score (nSPS) is 15.6. The van der Waals surface area contributed by atoms with Gasteiger partial charge < -0.3 is 10.2 Å². The minimum Gasteiger partial charge on any atom is -0.358 e. The van der Waals surface area contributed by atoms with E-state index in [1.54, 1.807) is 11.0 Å². The van der Waals surface area contributed by atoms with Gasteiger partial charge in [-0.2, -0.15) is 0 Å². The van der Waals surface area contributed by atoms with Crippen LogP contribution in [0.25, 0.3) is 0 Å². The topological polar surface area (TPSA) is 49.4 Å². The Kier molecular flexibility index (Phi) is 3.08. The molecule has 1 aromatic rings. The van der Waals surface area contributed by atoms with Crippen molar-refractivity contribution in [3.8, 4) is 0 Å². The van der Waals surface area contributed by atoms with E-state index in [9.17, 15) is 14.0 Å². The Labute approximate surface area is 98.4 Å². The fraction of sp³-hybridized carbons (Fsp3) is 0.333. The second-order valence-corrected chi connectivity index (χ2v) is 3.96. The molecular weight excluding hydrogens is 223 g/mol. The number of piperazine rings is 1. The van der Waals surface area contributed by atoms with Crippen molar-refractivity contribution in [3.05, 3.63) is 29.6 Å². The van der Waals surface area contributed by atoms with Gasteiger partial charge in [-0.1, -0.05) is 6.07 Å². The SMILES string of the molecule is CC(=O)c1cccc(F)c1N1CCNC(=O)C1. The molecule has 4 nitrogen and oxygen atoms in total. The van der Waals surface area contributed by atoms with Crippen LogP contribution in [-0.2, 0) is 4.79 Å². The zero-order valence-electron chi connectivity index (χ0n) is 9.50. The van der Waals surface area contributed by atoms with Crippen LogP contribution in [-0.4, -0.2) is 31.3 Å². The van der Waals surface area contributed by atoms with Crippen LogP contribution in [0.4, 0.5) is 10.1 Å². The van der Waals surface area contributed by atoms with Crippen LogP contribution in [0.2, 0.25) is 0 Å². The van der Waals surface area contributed by atoms with E-state index in [2.05, 4.69) is 5.32 Å². The third-order valence-electron chi connectivity index (χ3n) is 2.72. The van der Waals surface area contributed by atoms with E-state index in [4.69, 9.17) is 0 Å². The maximum atomic E-state index is 13.8. The van der Waals surface area contributed by atoms with E-state index in [-0.39, 0.29) is 23.9 Å². The van der Waals surface area contributed by atoms with E-state index in [1.807, 2.05) is 0 Å². The van der Waals surface area contributed by atoms with Gasteiger partial charge in [-0.3, -0.25) is 9.59 Å². The second-order valence-electron chi connectivity index (χ2n) is 3.96.